The Hall–Kier alpha value is -3.67. The molecule has 1 aromatic heterocycles. The Kier molecular flexibility index (Phi) is 6.73. The van der Waals surface area contributed by atoms with Crippen molar-refractivity contribution in [3.8, 4) is 11.5 Å². The van der Waals surface area contributed by atoms with Crippen molar-refractivity contribution in [2.24, 2.45) is 0 Å². The summed E-state index contributed by atoms with van der Waals surface area (Å²) >= 11 is 1.06. The minimum atomic E-state index is -0.856. The number of anilines is 1. The number of carbonyl (C=O) groups is 2. The van der Waals surface area contributed by atoms with E-state index < -0.39 is 23.2 Å². The molecule has 3 aromatic rings. The van der Waals surface area contributed by atoms with Gasteiger partial charge in [-0.25, -0.2) is 8.78 Å². The van der Waals surface area contributed by atoms with Crippen molar-refractivity contribution in [2.75, 3.05) is 17.9 Å². The molecule has 0 fully saturated rings. The Morgan fingerprint density at radius 1 is 1.12 bits per heavy atom. The number of halogens is 2. The van der Waals surface area contributed by atoms with Crippen molar-refractivity contribution in [1.82, 2.24) is 20.1 Å². The first-order valence-corrected chi connectivity index (χ1v) is 10.9. The van der Waals surface area contributed by atoms with Gasteiger partial charge in [0.25, 0.3) is 5.91 Å². The summed E-state index contributed by atoms with van der Waals surface area (Å²) in [5, 5.41) is 13.6. The van der Waals surface area contributed by atoms with E-state index in [0.717, 1.165) is 23.9 Å². The van der Waals surface area contributed by atoms with Crippen LogP contribution >= 0.6 is 11.8 Å². The number of ether oxygens (including phenoxy) is 2. The SMILES string of the molecule is CCn1c(CNC(=O)c2ccc3c(c2)OCO3)nnc1SCC(=O)Nc1c(F)cccc1F. The van der Waals surface area contributed by atoms with E-state index in [4.69, 9.17) is 9.47 Å². The second kappa shape index (κ2) is 9.86. The highest BCUT2D eigenvalue weighted by atomic mass is 32.2. The number of rotatable bonds is 8. The van der Waals surface area contributed by atoms with Crippen LogP contribution in [-0.2, 0) is 17.9 Å². The average molecular weight is 475 g/mol. The van der Waals surface area contributed by atoms with Gasteiger partial charge in [0.1, 0.15) is 17.3 Å². The second-order valence-corrected chi connectivity index (χ2v) is 7.77. The molecule has 2 aromatic carbocycles. The quantitative estimate of drug-likeness (QED) is 0.483. The van der Waals surface area contributed by atoms with Gasteiger partial charge in [-0.05, 0) is 37.3 Å². The molecule has 33 heavy (non-hydrogen) atoms. The third-order valence-corrected chi connectivity index (χ3v) is 5.68. The van der Waals surface area contributed by atoms with Gasteiger partial charge < -0.3 is 24.7 Å². The number of thioether (sulfide) groups is 1. The van der Waals surface area contributed by atoms with Gasteiger partial charge in [0.05, 0.1) is 12.3 Å². The first-order chi connectivity index (χ1) is 16.0. The van der Waals surface area contributed by atoms with Crippen molar-refractivity contribution in [2.45, 2.75) is 25.2 Å². The lowest BCUT2D eigenvalue weighted by atomic mass is 10.2. The smallest absolute Gasteiger partial charge is 0.251 e. The number of benzene rings is 2. The summed E-state index contributed by atoms with van der Waals surface area (Å²) in [6.45, 7) is 2.59. The molecule has 172 valence electrons. The monoisotopic (exact) mass is 475 g/mol. The standard InChI is InChI=1S/C21H19F2N5O4S/c1-2-28-17(9-24-20(30)12-6-7-15-16(8-12)32-11-31-15)26-27-21(28)33-10-18(29)25-19-13(22)4-3-5-14(19)23/h3-8H,2,9-11H2,1H3,(H,24,30)(H,25,29). The second-order valence-electron chi connectivity index (χ2n) is 6.83. The first-order valence-electron chi connectivity index (χ1n) is 9.93. The van der Waals surface area contributed by atoms with E-state index in [2.05, 4.69) is 20.8 Å². The first kappa shape index (κ1) is 22.5. The van der Waals surface area contributed by atoms with Crippen LogP contribution in [0.5, 0.6) is 11.5 Å². The zero-order chi connectivity index (χ0) is 23.4. The predicted molar refractivity (Wildman–Crippen MR) is 115 cm³/mol. The van der Waals surface area contributed by atoms with Crippen LogP contribution in [0.2, 0.25) is 0 Å². The summed E-state index contributed by atoms with van der Waals surface area (Å²) in [4.78, 5) is 24.6. The van der Waals surface area contributed by atoms with Gasteiger partial charge in [-0.3, -0.25) is 9.59 Å². The van der Waals surface area contributed by atoms with Gasteiger partial charge in [-0.15, -0.1) is 10.2 Å². The predicted octanol–water partition coefficient (Wildman–Crippen LogP) is 2.97. The van der Waals surface area contributed by atoms with E-state index in [1.807, 2.05) is 6.92 Å². The fourth-order valence-corrected chi connectivity index (χ4v) is 3.92. The van der Waals surface area contributed by atoms with Crippen LogP contribution in [0, 0.1) is 11.6 Å². The summed E-state index contributed by atoms with van der Waals surface area (Å²) in [7, 11) is 0. The van der Waals surface area contributed by atoms with E-state index in [0.29, 0.717) is 34.6 Å². The molecule has 0 aliphatic carbocycles. The Labute approximate surface area is 191 Å². The molecule has 2 amide bonds. The molecule has 1 aliphatic rings. The largest absolute Gasteiger partial charge is 0.454 e. The molecule has 0 unspecified atom stereocenters. The Bertz CT molecular complexity index is 1180. The van der Waals surface area contributed by atoms with Crippen molar-refractivity contribution in [3.63, 3.8) is 0 Å². The Balaban J connectivity index is 1.35. The third kappa shape index (κ3) is 5.06. The molecule has 4 rings (SSSR count). The van der Waals surface area contributed by atoms with Crippen molar-refractivity contribution in [1.29, 1.82) is 0 Å². The molecule has 0 bridgehead atoms. The number of aromatic nitrogens is 3. The molecule has 1 aliphatic heterocycles. The van der Waals surface area contributed by atoms with Gasteiger partial charge in [0.15, 0.2) is 22.5 Å². The lowest BCUT2D eigenvalue weighted by molar-refractivity contribution is -0.113. The number of nitrogens with one attached hydrogen (secondary N) is 2. The summed E-state index contributed by atoms with van der Waals surface area (Å²) in [5.41, 5.74) is -0.0829. The molecule has 0 saturated carbocycles. The number of hydrogen-bond donors (Lipinski definition) is 2. The molecular formula is C21H19F2N5O4S. The number of hydrogen-bond acceptors (Lipinski definition) is 7. The van der Waals surface area contributed by atoms with E-state index in [-0.39, 0.29) is 25.0 Å². The van der Waals surface area contributed by atoms with Crippen LogP contribution in [0.15, 0.2) is 41.6 Å². The van der Waals surface area contributed by atoms with Crippen LogP contribution in [-0.4, -0.2) is 39.1 Å². The minimum Gasteiger partial charge on any atom is -0.454 e. The summed E-state index contributed by atoms with van der Waals surface area (Å²) < 4.78 is 39.7. The molecular weight excluding hydrogens is 456 g/mol. The van der Waals surface area contributed by atoms with Crippen molar-refractivity contribution < 1.29 is 27.8 Å². The van der Waals surface area contributed by atoms with E-state index in [1.165, 1.54) is 6.07 Å². The van der Waals surface area contributed by atoms with Gasteiger partial charge in [-0.1, -0.05) is 17.8 Å². The number of amides is 2. The molecule has 0 atom stereocenters. The van der Waals surface area contributed by atoms with Crippen molar-refractivity contribution in [3.05, 3.63) is 59.4 Å². The Morgan fingerprint density at radius 3 is 2.64 bits per heavy atom. The maximum absolute atomic E-state index is 13.7. The van der Waals surface area contributed by atoms with Gasteiger partial charge >= 0.3 is 0 Å². The van der Waals surface area contributed by atoms with E-state index >= 15 is 0 Å². The third-order valence-electron chi connectivity index (χ3n) is 4.71. The Morgan fingerprint density at radius 2 is 1.88 bits per heavy atom. The molecule has 2 heterocycles. The number of carbonyl (C=O) groups excluding carboxylic acids is 2. The number of nitrogens with zero attached hydrogens (tertiary/aromatic N) is 3. The van der Waals surface area contributed by atoms with Crippen LogP contribution < -0.4 is 20.1 Å². The van der Waals surface area contributed by atoms with E-state index in [1.54, 1.807) is 22.8 Å². The number of para-hydroxylation sites is 1. The highest BCUT2D eigenvalue weighted by Gasteiger charge is 2.18. The average Bonchev–Trinajstić information content (AvgIpc) is 3.44. The lowest BCUT2D eigenvalue weighted by Gasteiger charge is -2.09. The fourth-order valence-electron chi connectivity index (χ4n) is 3.10. The minimum absolute atomic E-state index is 0.112. The molecule has 9 nitrogen and oxygen atoms in total. The number of fused-ring (bicyclic) bond motifs is 1. The maximum Gasteiger partial charge on any atom is 0.251 e. The summed E-state index contributed by atoms with van der Waals surface area (Å²) in [5.74, 6) is -1.17. The topological polar surface area (TPSA) is 107 Å². The molecule has 12 heteroatoms. The lowest BCUT2D eigenvalue weighted by Crippen LogP contribution is -2.24. The molecule has 0 saturated heterocycles. The van der Waals surface area contributed by atoms with Gasteiger partial charge in [0, 0.05) is 12.1 Å². The van der Waals surface area contributed by atoms with E-state index in [9.17, 15) is 18.4 Å². The van der Waals surface area contributed by atoms with Crippen LogP contribution in [0.1, 0.15) is 23.1 Å². The zero-order valence-electron chi connectivity index (χ0n) is 17.4. The summed E-state index contributed by atoms with van der Waals surface area (Å²) in [6, 6.07) is 8.23. The molecule has 0 spiro atoms. The highest BCUT2D eigenvalue weighted by molar-refractivity contribution is 7.99. The zero-order valence-corrected chi connectivity index (χ0v) is 18.2. The highest BCUT2D eigenvalue weighted by Crippen LogP contribution is 2.32. The molecule has 0 radical (unpaired) electrons. The van der Waals surface area contributed by atoms with Gasteiger partial charge in [-0.2, -0.15) is 0 Å². The molecule has 2 N–H and O–H groups in total. The van der Waals surface area contributed by atoms with Crippen molar-refractivity contribution >= 4 is 29.3 Å². The van der Waals surface area contributed by atoms with Gasteiger partial charge in [0.2, 0.25) is 12.7 Å². The maximum atomic E-state index is 13.7. The van der Waals surface area contributed by atoms with Crippen LogP contribution in [0.25, 0.3) is 0 Å². The fraction of sp³-hybridized carbons (Fsp3) is 0.238. The van der Waals surface area contributed by atoms with Crippen LogP contribution in [0.3, 0.4) is 0 Å². The summed E-state index contributed by atoms with van der Waals surface area (Å²) in [6.07, 6.45) is 0. The van der Waals surface area contributed by atoms with Crippen LogP contribution in [0.4, 0.5) is 14.5 Å². The normalized spacial score (nSPS) is 12.0.